The molecule has 0 saturated carbocycles. The highest BCUT2D eigenvalue weighted by molar-refractivity contribution is 6.80. The molecule has 0 radical (unpaired) electrons. The molecule has 0 aliphatic carbocycles. The minimum Gasteiger partial charge on any atom is -0.399 e. The zero-order chi connectivity index (χ0) is 15.9. The Hall–Kier alpha value is -1.27. The van der Waals surface area contributed by atoms with Gasteiger partial charge in [0.15, 0.2) is 8.07 Å². The lowest BCUT2D eigenvalue weighted by molar-refractivity contribution is -0.127. The van der Waals surface area contributed by atoms with E-state index in [0.717, 1.165) is 12.0 Å². The maximum atomic E-state index is 14.4. The van der Waals surface area contributed by atoms with Crippen molar-refractivity contribution in [1.82, 2.24) is 5.32 Å². The van der Waals surface area contributed by atoms with E-state index in [4.69, 9.17) is 0 Å². The van der Waals surface area contributed by atoms with Gasteiger partial charge in [-0.25, -0.2) is 0 Å². The van der Waals surface area contributed by atoms with Crippen LogP contribution in [0, 0.1) is 0 Å². The number of amides is 1. The molecule has 0 fully saturated rings. The predicted molar refractivity (Wildman–Crippen MR) is 81.5 cm³/mol. The van der Waals surface area contributed by atoms with Crippen LogP contribution in [-0.4, -0.2) is 31.0 Å². The Kier molecular flexibility index (Phi) is 6.48. The van der Waals surface area contributed by atoms with E-state index >= 15 is 0 Å². The van der Waals surface area contributed by atoms with Crippen LogP contribution in [0.5, 0.6) is 0 Å². The third-order valence-electron chi connectivity index (χ3n) is 3.60. The van der Waals surface area contributed by atoms with Crippen LogP contribution in [0.4, 0.5) is 8.78 Å². The molecule has 1 unspecified atom stereocenters. The topological polar surface area (TPSA) is 49.3 Å². The molecule has 21 heavy (non-hydrogen) atoms. The smallest absolute Gasteiger partial charge is 0.302 e. The fourth-order valence-electron chi connectivity index (χ4n) is 2.04. The molecule has 1 aromatic rings. The van der Waals surface area contributed by atoms with Crippen molar-refractivity contribution >= 4 is 14.0 Å². The zero-order valence-corrected chi connectivity index (χ0v) is 13.5. The fourth-order valence-corrected chi connectivity index (χ4v) is 4.15. The van der Waals surface area contributed by atoms with E-state index in [-0.39, 0.29) is 12.5 Å². The average molecular weight is 315 g/mol. The quantitative estimate of drug-likeness (QED) is 0.572. The van der Waals surface area contributed by atoms with E-state index in [1.165, 1.54) is 6.55 Å². The van der Waals surface area contributed by atoms with E-state index in [2.05, 4.69) is 0 Å². The van der Waals surface area contributed by atoms with Crippen molar-refractivity contribution in [3.8, 4) is 0 Å². The van der Waals surface area contributed by atoms with Crippen molar-refractivity contribution in [2.75, 3.05) is 6.23 Å². The lowest BCUT2D eigenvalue weighted by Gasteiger charge is -2.34. The van der Waals surface area contributed by atoms with Crippen LogP contribution in [0.2, 0.25) is 6.55 Å². The van der Waals surface area contributed by atoms with E-state index in [9.17, 15) is 18.7 Å². The van der Waals surface area contributed by atoms with Gasteiger partial charge in [-0.15, -0.1) is 0 Å². The molecule has 3 nitrogen and oxygen atoms in total. The number of carbonyl (C=O) groups is 1. The van der Waals surface area contributed by atoms with Gasteiger partial charge in [0.05, 0.1) is 0 Å². The molecule has 6 heteroatoms. The second-order valence-electron chi connectivity index (χ2n) is 5.61. The summed E-state index contributed by atoms with van der Waals surface area (Å²) in [4.78, 5) is 11.6. The Morgan fingerprint density at radius 2 is 1.95 bits per heavy atom. The van der Waals surface area contributed by atoms with E-state index in [1.807, 2.05) is 18.3 Å². The Balaban J connectivity index is 2.81. The highest BCUT2D eigenvalue weighted by Crippen LogP contribution is 2.28. The molecule has 0 aliphatic rings. The fraction of sp³-hybridized carbons (Fsp3) is 0.533. The monoisotopic (exact) mass is 315 g/mol. The van der Waals surface area contributed by atoms with Crippen LogP contribution in [0.25, 0.3) is 0 Å². The summed E-state index contributed by atoms with van der Waals surface area (Å²) in [6.45, 7) is 3.31. The Morgan fingerprint density at radius 1 is 1.33 bits per heavy atom. The Labute approximate surface area is 125 Å². The Morgan fingerprint density at radius 3 is 2.48 bits per heavy atom. The van der Waals surface area contributed by atoms with Gasteiger partial charge in [-0.2, -0.15) is 8.78 Å². The lowest BCUT2D eigenvalue weighted by Crippen LogP contribution is -2.64. The van der Waals surface area contributed by atoms with Gasteiger partial charge in [-0.3, -0.25) is 4.79 Å². The van der Waals surface area contributed by atoms with Gasteiger partial charge in [-0.1, -0.05) is 55.8 Å². The van der Waals surface area contributed by atoms with Crippen molar-refractivity contribution in [3.63, 3.8) is 0 Å². The summed E-state index contributed by atoms with van der Waals surface area (Å²) in [5.74, 6) is -0.651. The molecule has 0 saturated heterocycles. The summed E-state index contributed by atoms with van der Waals surface area (Å²) in [7, 11) is -3.40. The van der Waals surface area contributed by atoms with Crippen LogP contribution >= 0.6 is 0 Å². The van der Waals surface area contributed by atoms with E-state index < -0.39 is 25.9 Å². The molecule has 0 aromatic heterocycles. The molecular formula is C15H23F2NO2Si. The van der Waals surface area contributed by atoms with E-state index in [1.54, 1.807) is 24.3 Å². The second-order valence-corrected chi connectivity index (χ2v) is 10.0. The Bertz CT molecular complexity index is 456. The number of aliphatic hydroxyl groups is 1. The van der Waals surface area contributed by atoms with Crippen LogP contribution in [0.1, 0.15) is 31.7 Å². The van der Waals surface area contributed by atoms with Gasteiger partial charge in [0, 0.05) is 12.7 Å². The van der Waals surface area contributed by atoms with Crippen molar-refractivity contribution in [2.45, 2.75) is 44.4 Å². The van der Waals surface area contributed by atoms with Crippen molar-refractivity contribution in [2.24, 2.45) is 0 Å². The number of nitrogens with one attached hydrogen (secondary N) is 1. The molecule has 1 amide bonds. The molecular weight excluding hydrogens is 292 g/mol. The molecule has 0 aliphatic heterocycles. The molecule has 0 heterocycles. The first-order chi connectivity index (χ1) is 9.84. The van der Waals surface area contributed by atoms with Crippen LogP contribution in [0.3, 0.4) is 0 Å². The molecule has 2 N–H and O–H groups in total. The van der Waals surface area contributed by atoms with E-state index in [0.29, 0.717) is 6.42 Å². The van der Waals surface area contributed by atoms with Gasteiger partial charge in [0.1, 0.15) is 0 Å². The number of aliphatic hydroxyl groups excluding tert-OH is 1. The average Bonchev–Trinajstić information content (AvgIpc) is 2.45. The molecule has 1 rings (SSSR count). The number of hydrogen-bond acceptors (Lipinski definition) is 2. The van der Waals surface area contributed by atoms with Crippen molar-refractivity contribution in [3.05, 3.63) is 35.9 Å². The maximum Gasteiger partial charge on any atom is 0.302 e. The molecule has 1 atom stereocenters. The van der Waals surface area contributed by atoms with Crippen molar-refractivity contribution in [1.29, 1.82) is 0 Å². The standard InChI is InChI=1S/C15H23F2NO2Si/c1-3-4-10-14(20)18-15(16,17)21(2,12-19)11-13-8-6-5-7-9-13/h5-9,19H,3-4,10-12H2,1-2H3,(H,18,20). The molecule has 118 valence electrons. The highest BCUT2D eigenvalue weighted by Gasteiger charge is 2.53. The summed E-state index contributed by atoms with van der Waals surface area (Å²) >= 11 is 0. The van der Waals surface area contributed by atoms with Gasteiger partial charge in [0.2, 0.25) is 5.91 Å². The minimum atomic E-state index is -3.40. The normalized spacial score (nSPS) is 14.5. The third kappa shape index (κ3) is 4.89. The number of unbranched alkanes of at least 4 members (excludes halogenated alkanes) is 1. The van der Waals surface area contributed by atoms with Crippen LogP contribution in [0.15, 0.2) is 30.3 Å². The summed E-state index contributed by atoms with van der Waals surface area (Å²) in [5.41, 5.74) is -2.58. The predicted octanol–water partition coefficient (Wildman–Crippen LogP) is 2.82. The van der Waals surface area contributed by atoms with Gasteiger partial charge < -0.3 is 10.4 Å². The molecule has 0 spiro atoms. The number of hydrogen-bond donors (Lipinski definition) is 2. The number of alkyl halides is 2. The maximum absolute atomic E-state index is 14.4. The SMILES string of the molecule is CCCCC(=O)NC(F)(F)[Si](C)(CO)Cc1ccccc1. The van der Waals surface area contributed by atoms with Gasteiger partial charge in [-0.05, 0) is 12.5 Å². The lowest BCUT2D eigenvalue weighted by atomic mass is 10.2. The first kappa shape index (κ1) is 17.8. The highest BCUT2D eigenvalue weighted by atomic mass is 28.3. The zero-order valence-electron chi connectivity index (χ0n) is 12.5. The first-order valence-electron chi connectivity index (χ1n) is 7.18. The first-order valence-corrected chi connectivity index (χ1v) is 10.1. The van der Waals surface area contributed by atoms with Gasteiger partial charge in [0.25, 0.3) is 0 Å². The molecule has 0 bridgehead atoms. The summed E-state index contributed by atoms with van der Waals surface area (Å²) in [6.07, 6.45) is 0.867. The number of rotatable bonds is 8. The second kappa shape index (κ2) is 7.65. The summed E-state index contributed by atoms with van der Waals surface area (Å²) < 4.78 is 28.8. The largest absolute Gasteiger partial charge is 0.399 e. The number of benzene rings is 1. The summed E-state index contributed by atoms with van der Waals surface area (Å²) in [6, 6.07) is 9.00. The van der Waals surface area contributed by atoms with Crippen LogP contribution in [-0.2, 0) is 10.8 Å². The van der Waals surface area contributed by atoms with Crippen molar-refractivity contribution < 1.29 is 18.7 Å². The number of carbonyl (C=O) groups excluding carboxylic acids is 1. The van der Waals surface area contributed by atoms with Gasteiger partial charge >= 0.3 is 5.67 Å². The third-order valence-corrected chi connectivity index (χ3v) is 7.13. The number of halogens is 2. The minimum absolute atomic E-state index is 0.0906. The summed E-state index contributed by atoms with van der Waals surface area (Å²) in [5, 5.41) is 11.3. The molecule has 1 aromatic carbocycles. The van der Waals surface area contributed by atoms with Crippen LogP contribution < -0.4 is 5.32 Å².